The lowest BCUT2D eigenvalue weighted by Crippen LogP contribution is -2.48. The van der Waals surface area contributed by atoms with Crippen molar-refractivity contribution in [2.45, 2.75) is 32.1 Å². The van der Waals surface area contributed by atoms with E-state index in [0.29, 0.717) is 48.7 Å². The van der Waals surface area contributed by atoms with Gasteiger partial charge in [-0.3, -0.25) is 14.4 Å². The molecular formula is C28H33F3N4O5. The molecule has 2 aromatic carbocycles. The molecule has 1 fully saturated rings. The Kier molecular flexibility index (Phi) is 8.59. The number of rotatable bonds is 8. The molecule has 1 saturated heterocycles. The van der Waals surface area contributed by atoms with E-state index in [1.807, 2.05) is 13.0 Å². The van der Waals surface area contributed by atoms with Crippen molar-refractivity contribution in [1.82, 2.24) is 14.4 Å². The Morgan fingerprint density at radius 3 is 2.52 bits per heavy atom. The molecule has 0 amide bonds. The molecule has 2 heterocycles. The first kappa shape index (κ1) is 29.2. The van der Waals surface area contributed by atoms with Crippen LogP contribution in [0.4, 0.5) is 23.7 Å². The number of nitrogens with one attached hydrogen (secondary N) is 1. The summed E-state index contributed by atoms with van der Waals surface area (Å²) in [6.07, 6.45) is -4.76. The third-order valence-corrected chi connectivity index (χ3v) is 7.41. The van der Waals surface area contributed by atoms with Crippen LogP contribution < -0.4 is 10.1 Å². The number of hydrogen-bond donors (Lipinski definition) is 2. The maximum atomic E-state index is 13.0. The number of alkyl halides is 3. The number of aromatic nitrogens is 1. The monoisotopic (exact) mass is 562 g/mol. The number of esters is 1. The van der Waals surface area contributed by atoms with Gasteiger partial charge in [-0.1, -0.05) is 6.07 Å². The summed E-state index contributed by atoms with van der Waals surface area (Å²) in [7, 11) is 4.53. The number of carboxylic acid groups (broad SMARTS) is 1. The van der Waals surface area contributed by atoms with E-state index in [9.17, 15) is 27.9 Å². The first-order valence-corrected chi connectivity index (χ1v) is 12.8. The average molecular weight is 563 g/mol. The summed E-state index contributed by atoms with van der Waals surface area (Å²) in [5, 5.41) is 13.4. The Hall–Kier alpha value is -3.77. The van der Waals surface area contributed by atoms with Crippen molar-refractivity contribution in [3.63, 3.8) is 0 Å². The van der Waals surface area contributed by atoms with Gasteiger partial charge in [0.1, 0.15) is 5.75 Å². The number of benzene rings is 2. The maximum absolute atomic E-state index is 13.0. The van der Waals surface area contributed by atoms with Crippen molar-refractivity contribution in [2.75, 3.05) is 52.8 Å². The van der Waals surface area contributed by atoms with Gasteiger partial charge in [-0.25, -0.2) is 9.59 Å². The van der Waals surface area contributed by atoms with E-state index in [0.717, 1.165) is 22.1 Å². The molecule has 1 aliphatic rings. The number of halogens is 3. The summed E-state index contributed by atoms with van der Waals surface area (Å²) >= 11 is 0. The number of hydrogen-bond acceptors (Lipinski definition) is 7. The molecule has 9 nitrogen and oxygen atoms in total. The van der Waals surface area contributed by atoms with Crippen LogP contribution in [0.3, 0.4) is 0 Å². The Labute approximate surface area is 230 Å². The number of fused-ring (bicyclic) bond motifs is 1. The summed E-state index contributed by atoms with van der Waals surface area (Å²) in [5.74, 6) is 0.0984. The van der Waals surface area contributed by atoms with E-state index in [2.05, 4.69) is 10.2 Å². The zero-order valence-corrected chi connectivity index (χ0v) is 22.8. The molecule has 0 spiro atoms. The van der Waals surface area contributed by atoms with Gasteiger partial charge in [0.05, 0.1) is 31.7 Å². The lowest BCUT2D eigenvalue weighted by atomic mass is 9.97. The normalized spacial score (nSPS) is 16.7. The minimum atomic E-state index is -4.26. The summed E-state index contributed by atoms with van der Waals surface area (Å²) in [5.41, 5.74) is 3.81. The second kappa shape index (κ2) is 11.8. The number of methoxy groups -OCH3 is 2. The summed E-state index contributed by atoms with van der Waals surface area (Å²) in [6.45, 7) is 3.30. The fourth-order valence-corrected chi connectivity index (χ4v) is 5.41. The highest BCUT2D eigenvalue weighted by Crippen LogP contribution is 2.37. The van der Waals surface area contributed by atoms with Gasteiger partial charge in [-0.05, 0) is 42.3 Å². The Bertz CT molecular complexity index is 1400. The van der Waals surface area contributed by atoms with Crippen LogP contribution in [0.15, 0.2) is 36.5 Å². The number of aryl methyl sites for hydroxylation is 1. The highest BCUT2D eigenvalue weighted by Gasteiger charge is 2.33. The molecule has 3 aromatic rings. The topological polar surface area (TPSA) is 96.3 Å². The van der Waals surface area contributed by atoms with Gasteiger partial charge in [-0.2, -0.15) is 13.2 Å². The van der Waals surface area contributed by atoms with Crippen LogP contribution in [0.2, 0.25) is 0 Å². The van der Waals surface area contributed by atoms with Gasteiger partial charge >= 0.3 is 18.2 Å². The predicted octanol–water partition coefficient (Wildman–Crippen LogP) is 5.12. The third kappa shape index (κ3) is 6.02. The number of ether oxygens (including phenoxy) is 2. The molecule has 2 N–H and O–H groups in total. The highest BCUT2D eigenvalue weighted by molar-refractivity contribution is 5.96. The molecular weight excluding hydrogens is 529 g/mol. The van der Waals surface area contributed by atoms with Crippen LogP contribution in [0, 0.1) is 6.92 Å². The van der Waals surface area contributed by atoms with E-state index in [4.69, 9.17) is 9.47 Å². The molecule has 1 aliphatic heterocycles. The molecule has 40 heavy (non-hydrogen) atoms. The maximum Gasteiger partial charge on any atom is 0.416 e. The van der Waals surface area contributed by atoms with Gasteiger partial charge in [-0.15, -0.1) is 0 Å². The first-order chi connectivity index (χ1) is 19.0. The third-order valence-electron chi connectivity index (χ3n) is 7.41. The number of carbonyl (C=O) groups is 2. The SMILES string of the molecule is CNc1cc(C2CN(CCC(F)(F)F)CCN2Cc2c(OC)cc(C)c3c2ccn3C(=O)O)ccc1C(=O)OC. The highest BCUT2D eigenvalue weighted by atomic mass is 19.4. The van der Waals surface area contributed by atoms with E-state index < -0.39 is 24.7 Å². The quantitative estimate of drug-likeness (QED) is 0.365. The standard InChI is InChI=1S/C28H33F3N4O5/c1-17-13-24(39-3)21(19-7-9-35(25(17)19)27(37)38)15-34-12-11-33(10-8-28(29,30)31)16-23(34)18-5-6-20(26(36)40-4)22(14-18)32-2/h5-7,9,13-14,23,32H,8,10-12,15-16H2,1-4H3,(H,37,38). The first-order valence-electron chi connectivity index (χ1n) is 12.8. The lowest BCUT2D eigenvalue weighted by molar-refractivity contribution is -0.139. The van der Waals surface area contributed by atoms with Crippen molar-refractivity contribution in [2.24, 2.45) is 0 Å². The molecule has 216 valence electrons. The zero-order valence-electron chi connectivity index (χ0n) is 22.8. The van der Waals surface area contributed by atoms with E-state index in [1.54, 1.807) is 43.3 Å². The Morgan fingerprint density at radius 2 is 1.90 bits per heavy atom. The van der Waals surface area contributed by atoms with E-state index in [-0.39, 0.29) is 12.6 Å². The number of carbonyl (C=O) groups excluding carboxylic acids is 1. The number of nitrogens with zero attached hydrogens (tertiary/aromatic N) is 3. The fraction of sp³-hybridized carbons (Fsp3) is 0.429. The summed E-state index contributed by atoms with van der Waals surface area (Å²) in [4.78, 5) is 28.0. The van der Waals surface area contributed by atoms with Gasteiger partial charge in [0.2, 0.25) is 0 Å². The summed E-state index contributed by atoms with van der Waals surface area (Å²) < 4.78 is 50.8. The molecule has 1 unspecified atom stereocenters. The molecule has 4 rings (SSSR count). The zero-order chi connectivity index (χ0) is 29.2. The van der Waals surface area contributed by atoms with Crippen LogP contribution >= 0.6 is 0 Å². The molecule has 1 aromatic heterocycles. The molecule has 0 radical (unpaired) electrons. The van der Waals surface area contributed by atoms with Gasteiger partial charge in [0.25, 0.3) is 0 Å². The van der Waals surface area contributed by atoms with Gasteiger partial charge in [0, 0.05) is 68.6 Å². The second-order valence-electron chi connectivity index (χ2n) is 9.80. The average Bonchev–Trinajstić information content (AvgIpc) is 3.39. The number of anilines is 1. The molecule has 0 saturated carbocycles. The second-order valence-corrected chi connectivity index (χ2v) is 9.80. The van der Waals surface area contributed by atoms with E-state index >= 15 is 0 Å². The van der Waals surface area contributed by atoms with Crippen LogP contribution in [0.25, 0.3) is 10.9 Å². The largest absolute Gasteiger partial charge is 0.496 e. The van der Waals surface area contributed by atoms with Crippen molar-refractivity contribution < 1.29 is 37.3 Å². The molecule has 0 bridgehead atoms. The smallest absolute Gasteiger partial charge is 0.416 e. The van der Waals surface area contributed by atoms with Crippen LogP contribution in [0.5, 0.6) is 5.75 Å². The molecule has 12 heteroatoms. The van der Waals surface area contributed by atoms with Crippen molar-refractivity contribution in [3.05, 3.63) is 58.8 Å². The molecule has 1 atom stereocenters. The van der Waals surface area contributed by atoms with Crippen molar-refractivity contribution in [3.8, 4) is 5.75 Å². The number of piperazine rings is 1. The van der Waals surface area contributed by atoms with Crippen LogP contribution in [-0.2, 0) is 11.3 Å². The van der Waals surface area contributed by atoms with Crippen molar-refractivity contribution in [1.29, 1.82) is 0 Å². The minimum absolute atomic E-state index is 0.119. The Balaban J connectivity index is 1.75. The van der Waals surface area contributed by atoms with E-state index in [1.165, 1.54) is 17.9 Å². The van der Waals surface area contributed by atoms with Crippen molar-refractivity contribution >= 4 is 28.7 Å². The fourth-order valence-electron chi connectivity index (χ4n) is 5.41. The lowest BCUT2D eigenvalue weighted by Gasteiger charge is -2.42. The summed E-state index contributed by atoms with van der Waals surface area (Å²) in [6, 6.07) is 8.49. The Morgan fingerprint density at radius 1 is 1.15 bits per heavy atom. The van der Waals surface area contributed by atoms with Gasteiger partial charge in [0.15, 0.2) is 0 Å². The van der Waals surface area contributed by atoms with Crippen LogP contribution in [0.1, 0.15) is 39.5 Å². The molecule has 0 aliphatic carbocycles. The van der Waals surface area contributed by atoms with Gasteiger partial charge < -0.3 is 19.9 Å². The minimum Gasteiger partial charge on any atom is -0.496 e. The van der Waals surface area contributed by atoms with Crippen LogP contribution in [-0.4, -0.2) is 85.2 Å². The predicted molar refractivity (Wildman–Crippen MR) is 144 cm³/mol.